The van der Waals surface area contributed by atoms with E-state index in [9.17, 15) is 0 Å². The van der Waals surface area contributed by atoms with E-state index in [0.29, 0.717) is 11.3 Å². The highest BCUT2D eigenvalue weighted by Crippen LogP contribution is 2.29. The molecule has 2 rings (SSSR count). The van der Waals surface area contributed by atoms with Gasteiger partial charge in [-0.25, -0.2) is 4.98 Å². The summed E-state index contributed by atoms with van der Waals surface area (Å²) >= 11 is 0. The highest BCUT2D eigenvalue weighted by molar-refractivity contribution is 5.15. The molecule has 0 bridgehead atoms. The number of methoxy groups -OCH3 is 1. The Morgan fingerprint density at radius 3 is 2.79 bits per heavy atom. The predicted molar refractivity (Wildman–Crippen MR) is 77.3 cm³/mol. The van der Waals surface area contributed by atoms with Gasteiger partial charge >= 0.3 is 0 Å². The van der Waals surface area contributed by atoms with Gasteiger partial charge in [-0.05, 0) is 44.5 Å². The summed E-state index contributed by atoms with van der Waals surface area (Å²) in [5, 5.41) is 3.54. The third-order valence-corrected chi connectivity index (χ3v) is 4.04. The van der Waals surface area contributed by atoms with Crippen LogP contribution < -0.4 is 10.1 Å². The second kappa shape index (κ2) is 6.35. The number of pyridine rings is 1. The van der Waals surface area contributed by atoms with E-state index in [1.54, 1.807) is 7.11 Å². The van der Waals surface area contributed by atoms with Crippen molar-refractivity contribution in [1.82, 2.24) is 15.2 Å². The van der Waals surface area contributed by atoms with E-state index in [-0.39, 0.29) is 0 Å². The zero-order valence-corrected chi connectivity index (χ0v) is 12.3. The molecule has 1 saturated heterocycles. The molecule has 0 aromatic carbocycles. The molecule has 0 saturated carbocycles. The summed E-state index contributed by atoms with van der Waals surface area (Å²) < 4.78 is 5.14. The number of piperidine rings is 1. The van der Waals surface area contributed by atoms with Crippen molar-refractivity contribution in [3.8, 4) is 5.88 Å². The molecule has 19 heavy (non-hydrogen) atoms. The smallest absolute Gasteiger partial charge is 0.213 e. The van der Waals surface area contributed by atoms with Gasteiger partial charge in [0.05, 0.1) is 12.8 Å². The van der Waals surface area contributed by atoms with Gasteiger partial charge in [-0.2, -0.15) is 0 Å². The Labute approximate surface area is 116 Å². The standard InChI is InChI=1S/C15H25N3O/c1-15(7-9-18(2)10-8-15)12-16-11-13-5-4-6-14(17-13)19-3/h4-6,16H,7-12H2,1-3H3. The number of nitrogens with zero attached hydrogens (tertiary/aromatic N) is 2. The van der Waals surface area contributed by atoms with Gasteiger partial charge in [-0.3, -0.25) is 0 Å². The van der Waals surface area contributed by atoms with Gasteiger partial charge in [-0.15, -0.1) is 0 Å². The highest BCUT2D eigenvalue weighted by atomic mass is 16.5. The topological polar surface area (TPSA) is 37.4 Å². The van der Waals surface area contributed by atoms with E-state index >= 15 is 0 Å². The third kappa shape index (κ3) is 4.18. The summed E-state index contributed by atoms with van der Waals surface area (Å²) in [6.45, 7) is 6.65. The van der Waals surface area contributed by atoms with Crippen molar-refractivity contribution in [2.45, 2.75) is 26.3 Å². The fourth-order valence-corrected chi connectivity index (χ4v) is 2.50. The molecule has 1 aromatic rings. The minimum atomic E-state index is 0.422. The molecule has 0 atom stereocenters. The Bertz CT molecular complexity index is 400. The average Bonchev–Trinajstić information content (AvgIpc) is 2.43. The van der Waals surface area contributed by atoms with Crippen molar-refractivity contribution in [3.05, 3.63) is 23.9 Å². The number of likely N-dealkylation sites (tertiary alicyclic amines) is 1. The van der Waals surface area contributed by atoms with E-state index in [4.69, 9.17) is 4.74 Å². The Morgan fingerprint density at radius 1 is 1.37 bits per heavy atom. The van der Waals surface area contributed by atoms with Gasteiger partial charge < -0.3 is 15.0 Å². The first-order valence-electron chi connectivity index (χ1n) is 7.00. The maximum absolute atomic E-state index is 5.14. The van der Waals surface area contributed by atoms with E-state index in [1.165, 1.54) is 25.9 Å². The zero-order chi connectivity index (χ0) is 13.7. The van der Waals surface area contributed by atoms with Gasteiger partial charge in [0.15, 0.2) is 0 Å². The number of hydrogen-bond donors (Lipinski definition) is 1. The van der Waals surface area contributed by atoms with Crippen LogP contribution in [0.2, 0.25) is 0 Å². The van der Waals surface area contributed by atoms with Crippen molar-refractivity contribution >= 4 is 0 Å². The van der Waals surface area contributed by atoms with Crippen LogP contribution in [0.1, 0.15) is 25.5 Å². The second-order valence-corrected chi connectivity index (χ2v) is 5.89. The van der Waals surface area contributed by atoms with Gasteiger partial charge in [0.1, 0.15) is 0 Å². The van der Waals surface area contributed by atoms with Crippen molar-refractivity contribution < 1.29 is 4.74 Å². The van der Waals surface area contributed by atoms with Crippen LogP contribution >= 0.6 is 0 Å². The van der Waals surface area contributed by atoms with Crippen LogP contribution in [-0.2, 0) is 6.54 Å². The second-order valence-electron chi connectivity index (χ2n) is 5.89. The van der Waals surface area contributed by atoms with Crippen LogP contribution in [-0.4, -0.2) is 43.7 Å². The molecular formula is C15H25N3O. The molecule has 4 heteroatoms. The zero-order valence-electron chi connectivity index (χ0n) is 12.3. The Balaban J connectivity index is 1.79. The Morgan fingerprint density at radius 2 is 2.11 bits per heavy atom. The fourth-order valence-electron chi connectivity index (χ4n) is 2.50. The lowest BCUT2D eigenvalue weighted by Gasteiger charge is -2.38. The molecule has 4 nitrogen and oxygen atoms in total. The first-order valence-corrected chi connectivity index (χ1v) is 7.00. The van der Waals surface area contributed by atoms with Crippen LogP contribution in [0.3, 0.4) is 0 Å². The monoisotopic (exact) mass is 263 g/mol. The van der Waals surface area contributed by atoms with Gasteiger partial charge in [0, 0.05) is 19.2 Å². The van der Waals surface area contributed by atoms with Crippen LogP contribution in [0, 0.1) is 5.41 Å². The first-order chi connectivity index (χ1) is 9.11. The molecule has 0 radical (unpaired) electrons. The van der Waals surface area contributed by atoms with Crippen molar-refractivity contribution in [1.29, 1.82) is 0 Å². The van der Waals surface area contributed by atoms with E-state index < -0.39 is 0 Å². The summed E-state index contributed by atoms with van der Waals surface area (Å²) in [5.74, 6) is 0.685. The van der Waals surface area contributed by atoms with E-state index in [2.05, 4.69) is 29.2 Å². The maximum Gasteiger partial charge on any atom is 0.213 e. The lowest BCUT2D eigenvalue weighted by molar-refractivity contribution is 0.136. The summed E-state index contributed by atoms with van der Waals surface area (Å²) in [5.41, 5.74) is 1.46. The normalized spacial score (nSPS) is 19.3. The summed E-state index contributed by atoms with van der Waals surface area (Å²) in [6.07, 6.45) is 2.53. The SMILES string of the molecule is COc1cccc(CNCC2(C)CCN(C)CC2)n1. The van der Waals surface area contributed by atoms with Crippen LogP contribution in [0.15, 0.2) is 18.2 Å². The first kappa shape index (κ1) is 14.3. The van der Waals surface area contributed by atoms with Crippen molar-refractivity contribution in [3.63, 3.8) is 0 Å². The molecule has 1 aromatic heterocycles. The minimum Gasteiger partial charge on any atom is -0.481 e. The molecule has 1 aliphatic rings. The Kier molecular flexibility index (Phi) is 4.77. The molecule has 2 heterocycles. The molecule has 106 valence electrons. The van der Waals surface area contributed by atoms with Crippen LogP contribution in [0.5, 0.6) is 5.88 Å². The summed E-state index contributed by atoms with van der Waals surface area (Å²) in [7, 11) is 3.85. The number of hydrogen-bond acceptors (Lipinski definition) is 4. The van der Waals surface area contributed by atoms with E-state index in [1.807, 2.05) is 18.2 Å². The fraction of sp³-hybridized carbons (Fsp3) is 0.667. The maximum atomic E-state index is 5.14. The average molecular weight is 263 g/mol. The predicted octanol–water partition coefficient (Wildman–Crippen LogP) is 1.91. The third-order valence-electron chi connectivity index (χ3n) is 4.04. The lowest BCUT2D eigenvalue weighted by atomic mass is 9.80. The molecule has 0 unspecified atom stereocenters. The van der Waals surface area contributed by atoms with Gasteiger partial charge in [-0.1, -0.05) is 13.0 Å². The van der Waals surface area contributed by atoms with Crippen molar-refractivity contribution in [2.75, 3.05) is 33.8 Å². The molecule has 1 N–H and O–H groups in total. The van der Waals surface area contributed by atoms with Gasteiger partial charge in [0.2, 0.25) is 5.88 Å². The number of rotatable bonds is 5. The molecule has 1 fully saturated rings. The lowest BCUT2D eigenvalue weighted by Crippen LogP contribution is -2.41. The summed E-state index contributed by atoms with van der Waals surface area (Å²) in [6, 6.07) is 5.90. The largest absolute Gasteiger partial charge is 0.481 e. The highest BCUT2D eigenvalue weighted by Gasteiger charge is 2.28. The number of aromatic nitrogens is 1. The minimum absolute atomic E-state index is 0.422. The molecule has 1 aliphatic heterocycles. The van der Waals surface area contributed by atoms with Gasteiger partial charge in [0.25, 0.3) is 0 Å². The van der Waals surface area contributed by atoms with E-state index in [0.717, 1.165) is 18.8 Å². The van der Waals surface area contributed by atoms with Crippen LogP contribution in [0.4, 0.5) is 0 Å². The van der Waals surface area contributed by atoms with Crippen molar-refractivity contribution in [2.24, 2.45) is 5.41 Å². The quantitative estimate of drug-likeness (QED) is 0.880. The number of nitrogens with one attached hydrogen (secondary N) is 1. The molecule has 0 amide bonds. The molecular weight excluding hydrogens is 238 g/mol. The molecule has 0 aliphatic carbocycles. The number of ether oxygens (including phenoxy) is 1. The summed E-state index contributed by atoms with van der Waals surface area (Å²) in [4.78, 5) is 6.82. The molecule has 0 spiro atoms. The Hall–Kier alpha value is -1.13. The van der Waals surface area contributed by atoms with Crippen LogP contribution in [0.25, 0.3) is 0 Å².